The van der Waals surface area contributed by atoms with Gasteiger partial charge in [-0.15, -0.1) is 12.4 Å². The number of rotatable bonds is 5. The maximum atomic E-state index is 12.4. The van der Waals surface area contributed by atoms with E-state index < -0.39 is 0 Å². The molecule has 2 aromatic carbocycles. The van der Waals surface area contributed by atoms with Crippen molar-refractivity contribution in [1.29, 1.82) is 0 Å². The maximum Gasteiger partial charge on any atom is 0.260 e. The zero-order chi connectivity index (χ0) is 17.9. The first-order valence-corrected chi connectivity index (χ1v) is 9.18. The lowest BCUT2D eigenvalue weighted by Gasteiger charge is -2.19. The summed E-state index contributed by atoms with van der Waals surface area (Å²) in [6.07, 6.45) is 2.23. The minimum absolute atomic E-state index is 0. The third-order valence-electron chi connectivity index (χ3n) is 5.43. The van der Waals surface area contributed by atoms with Gasteiger partial charge in [-0.25, -0.2) is 0 Å². The standard InChI is InChI=1S/C21H24N2O3.ClH/c22-20-11-6-15-12-23(13-19(15)20)21(24)14-25-16-7-9-18(10-8-16)26-17-4-2-1-3-5-17;/h1-5,7-10,15,19-20H,6,11-14,22H2;1H. The molecule has 0 aromatic heterocycles. The van der Waals surface area contributed by atoms with E-state index in [0.717, 1.165) is 37.4 Å². The predicted molar refractivity (Wildman–Crippen MR) is 106 cm³/mol. The number of carbonyl (C=O) groups excluding carboxylic acids is 1. The van der Waals surface area contributed by atoms with Crippen LogP contribution in [0.2, 0.25) is 0 Å². The van der Waals surface area contributed by atoms with Crippen molar-refractivity contribution in [3.05, 3.63) is 54.6 Å². The molecular weight excluding hydrogens is 364 g/mol. The molecule has 2 N–H and O–H groups in total. The largest absolute Gasteiger partial charge is 0.484 e. The topological polar surface area (TPSA) is 64.8 Å². The molecule has 4 rings (SSSR count). The van der Waals surface area contributed by atoms with Gasteiger partial charge in [0, 0.05) is 19.1 Å². The van der Waals surface area contributed by atoms with Crippen molar-refractivity contribution in [3.8, 4) is 17.2 Å². The fraction of sp³-hybridized carbons (Fsp3) is 0.381. The Morgan fingerprint density at radius 3 is 2.33 bits per heavy atom. The quantitative estimate of drug-likeness (QED) is 0.851. The van der Waals surface area contributed by atoms with Crippen LogP contribution < -0.4 is 15.2 Å². The van der Waals surface area contributed by atoms with Crippen LogP contribution in [0.25, 0.3) is 0 Å². The van der Waals surface area contributed by atoms with E-state index in [1.54, 1.807) is 0 Å². The van der Waals surface area contributed by atoms with Gasteiger partial charge >= 0.3 is 0 Å². The molecule has 2 fully saturated rings. The fourth-order valence-corrected chi connectivity index (χ4v) is 3.98. The number of amides is 1. The highest BCUT2D eigenvalue weighted by Crippen LogP contribution is 2.37. The second kappa shape index (κ2) is 8.63. The molecule has 1 aliphatic heterocycles. The predicted octanol–water partition coefficient (Wildman–Crippen LogP) is 3.48. The lowest BCUT2D eigenvalue weighted by Crippen LogP contribution is -2.36. The Morgan fingerprint density at radius 1 is 0.963 bits per heavy atom. The lowest BCUT2D eigenvalue weighted by molar-refractivity contribution is -0.132. The number of nitrogens with zero attached hydrogens (tertiary/aromatic N) is 1. The van der Waals surface area contributed by atoms with Gasteiger partial charge in [-0.2, -0.15) is 0 Å². The number of hydrogen-bond donors (Lipinski definition) is 1. The van der Waals surface area contributed by atoms with Crippen molar-refractivity contribution in [3.63, 3.8) is 0 Å². The molecule has 0 bridgehead atoms. The Kier molecular flexibility index (Phi) is 6.24. The molecule has 2 aromatic rings. The number of likely N-dealkylation sites (tertiary alicyclic amines) is 1. The molecule has 27 heavy (non-hydrogen) atoms. The van der Waals surface area contributed by atoms with Gasteiger partial charge in [-0.05, 0) is 61.1 Å². The summed E-state index contributed by atoms with van der Waals surface area (Å²) in [5, 5.41) is 0. The van der Waals surface area contributed by atoms with E-state index >= 15 is 0 Å². The average Bonchev–Trinajstić information content (AvgIpc) is 3.24. The Labute approximate surface area is 165 Å². The number of benzene rings is 2. The molecule has 0 spiro atoms. The van der Waals surface area contributed by atoms with Crippen LogP contribution in [0.4, 0.5) is 0 Å². The van der Waals surface area contributed by atoms with Crippen molar-refractivity contribution in [2.24, 2.45) is 17.6 Å². The Morgan fingerprint density at radius 2 is 1.63 bits per heavy atom. The maximum absolute atomic E-state index is 12.4. The van der Waals surface area contributed by atoms with Crippen LogP contribution in [0.15, 0.2) is 54.6 Å². The van der Waals surface area contributed by atoms with Crippen molar-refractivity contribution in [1.82, 2.24) is 4.90 Å². The van der Waals surface area contributed by atoms with E-state index in [2.05, 4.69) is 0 Å². The summed E-state index contributed by atoms with van der Waals surface area (Å²) in [6, 6.07) is 17.2. The zero-order valence-electron chi connectivity index (χ0n) is 15.1. The number of carbonyl (C=O) groups is 1. The van der Waals surface area contributed by atoms with Crippen molar-refractivity contribution >= 4 is 18.3 Å². The third kappa shape index (κ3) is 4.54. The minimum atomic E-state index is 0. The molecule has 1 saturated carbocycles. The summed E-state index contributed by atoms with van der Waals surface area (Å²) in [4.78, 5) is 14.3. The van der Waals surface area contributed by atoms with Crippen LogP contribution in [0.5, 0.6) is 17.2 Å². The monoisotopic (exact) mass is 388 g/mol. The minimum Gasteiger partial charge on any atom is -0.484 e. The number of para-hydroxylation sites is 1. The molecule has 6 heteroatoms. The summed E-state index contributed by atoms with van der Waals surface area (Å²) in [7, 11) is 0. The first kappa shape index (κ1) is 19.5. The lowest BCUT2D eigenvalue weighted by atomic mass is 9.98. The Bertz CT molecular complexity index is 754. The number of ether oxygens (including phenoxy) is 2. The second-order valence-electron chi connectivity index (χ2n) is 7.14. The van der Waals surface area contributed by atoms with Crippen molar-refractivity contribution in [2.75, 3.05) is 19.7 Å². The number of nitrogens with two attached hydrogens (primary N) is 1. The highest BCUT2D eigenvalue weighted by Gasteiger charge is 2.42. The molecular formula is C21H25ClN2O3. The third-order valence-corrected chi connectivity index (χ3v) is 5.43. The molecule has 144 valence electrons. The van der Waals surface area contributed by atoms with Crippen molar-refractivity contribution < 1.29 is 14.3 Å². The molecule has 1 aliphatic carbocycles. The fourth-order valence-electron chi connectivity index (χ4n) is 3.98. The zero-order valence-corrected chi connectivity index (χ0v) is 15.9. The molecule has 1 amide bonds. The highest BCUT2D eigenvalue weighted by atomic mass is 35.5. The van der Waals surface area contributed by atoms with Crippen LogP contribution in [0.3, 0.4) is 0 Å². The van der Waals surface area contributed by atoms with Gasteiger partial charge in [-0.1, -0.05) is 18.2 Å². The molecule has 0 radical (unpaired) electrons. The van der Waals surface area contributed by atoms with E-state index in [1.807, 2.05) is 59.5 Å². The summed E-state index contributed by atoms with van der Waals surface area (Å²) >= 11 is 0. The van der Waals surface area contributed by atoms with Crippen molar-refractivity contribution in [2.45, 2.75) is 18.9 Å². The van der Waals surface area contributed by atoms with Gasteiger partial charge in [0.1, 0.15) is 17.2 Å². The van der Waals surface area contributed by atoms with Gasteiger partial charge in [0.2, 0.25) is 0 Å². The number of fused-ring (bicyclic) bond motifs is 1. The molecule has 5 nitrogen and oxygen atoms in total. The summed E-state index contributed by atoms with van der Waals surface area (Å²) in [5.74, 6) is 3.26. The van der Waals surface area contributed by atoms with E-state index in [4.69, 9.17) is 15.2 Å². The molecule has 1 saturated heterocycles. The summed E-state index contributed by atoms with van der Waals surface area (Å²) in [5.41, 5.74) is 6.14. The average molecular weight is 389 g/mol. The van der Waals surface area contributed by atoms with Gasteiger partial charge in [0.25, 0.3) is 5.91 Å². The first-order chi connectivity index (χ1) is 12.7. The van der Waals surface area contributed by atoms with Crippen LogP contribution >= 0.6 is 12.4 Å². The number of hydrogen-bond acceptors (Lipinski definition) is 4. The second-order valence-corrected chi connectivity index (χ2v) is 7.14. The van der Waals surface area contributed by atoms with E-state index in [9.17, 15) is 4.79 Å². The Hall–Kier alpha value is -2.24. The van der Waals surface area contributed by atoms with Gasteiger partial charge in [-0.3, -0.25) is 4.79 Å². The molecule has 3 unspecified atom stereocenters. The van der Waals surface area contributed by atoms with Gasteiger partial charge in [0.05, 0.1) is 0 Å². The normalized spacial score (nSPS) is 23.4. The highest BCUT2D eigenvalue weighted by molar-refractivity contribution is 5.85. The van der Waals surface area contributed by atoms with Crippen LogP contribution in [0, 0.1) is 11.8 Å². The molecule has 1 heterocycles. The molecule has 3 atom stereocenters. The van der Waals surface area contributed by atoms with Gasteiger partial charge < -0.3 is 20.1 Å². The number of halogens is 1. The van der Waals surface area contributed by atoms with E-state index in [1.165, 1.54) is 0 Å². The first-order valence-electron chi connectivity index (χ1n) is 9.18. The van der Waals surface area contributed by atoms with Gasteiger partial charge in [0.15, 0.2) is 6.61 Å². The van der Waals surface area contributed by atoms with Crippen LogP contribution in [-0.2, 0) is 4.79 Å². The molecule has 2 aliphatic rings. The van der Waals surface area contributed by atoms with Crippen LogP contribution in [-0.4, -0.2) is 36.5 Å². The Balaban J connectivity index is 0.00000210. The van der Waals surface area contributed by atoms with Crippen LogP contribution in [0.1, 0.15) is 12.8 Å². The van der Waals surface area contributed by atoms with E-state index in [-0.39, 0.29) is 31.0 Å². The smallest absolute Gasteiger partial charge is 0.260 e. The SMILES string of the molecule is Cl.NC1CCC2CN(C(=O)COc3ccc(Oc4ccccc4)cc3)CC12. The summed E-state index contributed by atoms with van der Waals surface area (Å²) < 4.78 is 11.4. The summed E-state index contributed by atoms with van der Waals surface area (Å²) in [6.45, 7) is 1.66. The van der Waals surface area contributed by atoms with E-state index in [0.29, 0.717) is 17.6 Å².